The first-order valence-electron chi connectivity index (χ1n) is 5.85. The van der Waals surface area contributed by atoms with E-state index in [2.05, 4.69) is 5.16 Å². The van der Waals surface area contributed by atoms with E-state index in [1.165, 1.54) is 0 Å². The van der Waals surface area contributed by atoms with E-state index in [0.717, 1.165) is 0 Å². The molecule has 1 atom stereocenters. The number of amidine groups is 1. The molecule has 1 amide bonds. The van der Waals surface area contributed by atoms with Gasteiger partial charge in [0.25, 0.3) is 5.91 Å². The van der Waals surface area contributed by atoms with Crippen LogP contribution in [-0.4, -0.2) is 48.7 Å². The molecule has 1 unspecified atom stereocenters. The van der Waals surface area contributed by atoms with Crippen molar-refractivity contribution < 1.29 is 14.7 Å². The fourth-order valence-electron chi connectivity index (χ4n) is 1.60. The maximum absolute atomic E-state index is 12.2. The van der Waals surface area contributed by atoms with Crippen LogP contribution in [0.25, 0.3) is 0 Å². The molecular formula is C13H19N3O3. The van der Waals surface area contributed by atoms with Gasteiger partial charge in [0, 0.05) is 25.3 Å². The Morgan fingerprint density at radius 3 is 2.42 bits per heavy atom. The Morgan fingerprint density at radius 1 is 1.42 bits per heavy atom. The lowest BCUT2D eigenvalue weighted by Crippen LogP contribution is -2.37. The Hall–Kier alpha value is -2.08. The van der Waals surface area contributed by atoms with E-state index in [4.69, 9.17) is 15.7 Å². The van der Waals surface area contributed by atoms with Crippen LogP contribution in [-0.2, 0) is 4.74 Å². The maximum Gasteiger partial charge on any atom is 0.253 e. The van der Waals surface area contributed by atoms with E-state index in [1.807, 2.05) is 6.92 Å². The van der Waals surface area contributed by atoms with Gasteiger partial charge in [-0.3, -0.25) is 4.79 Å². The van der Waals surface area contributed by atoms with Gasteiger partial charge >= 0.3 is 0 Å². The van der Waals surface area contributed by atoms with Gasteiger partial charge in [0.05, 0.1) is 12.6 Å². The normalized spacial score (nSPS) is 13.1. The minimum atomic E-state index is -0.101. The molecule has 104 valence electrons. The number of likely N-dealkylation sites (N-methyl/N-ethyl adjacent to an activating group) is 1. The van der Waals surface area contributed by atoms with Crippen LogP contribution in [0.5, 0.6) is 0 Å². The number of carbonyl (C=O) groups excluding carboxylic acids is 1. The van der Waals surface area contributed by atoms with E-state index >= 15 is 0 Å². The van der Waals surface area contributed by atoms with Gasteiger partial charge in [0.15, 0.2) is 5.84 Å². The number of nitrogens with zero attached hydrogens (tertiary/aromatic N) is 2. The second kappa shape index (κ2) is 6.75. The highest BCUT2D eigenvalue weighted by Crippen LogP contribution is 2.09. The third-order valence-corrected chi connectivity index (χ3v) is 2.92. The zero-order valence-electron chi connectivity index (χ0n) is 11.3. The van der Waals surface area contributed by atoms with Gasteiger partial charge in [-0.2, -0.15) is 0 Å². The fraction of sp³-hybridized carbons (Fsp3) is 0.385. The Bertz CT molecular complexity index is 457. The van der Waals surface area contributed by atoms with Crippen LogP contribution in [0.4, 0.5) is 0 Å². The largest absolute Gasteiger partial charge is 0.409 e. The van der Waals surface area contributed by atoms with Crippen molar-refractivity contribution in [2.75, 3.05) is 20.8 Å². The van der Waals surface area contributed by atoms with Crippen molar-refractivity contribution in [3.63, 3.8) is 0 Å². The van der Waals surface area contributed by atoms with Crippen molar-refractivity contribution in [2.24, 2.45) is 10.9 Å². The molecule has 0 saturated heterocycles. The number of nitrogens with two attached hydrogens (primary N) is 1. The molecule has 1 aromatic carbocycles. The first kappa shape index (κ1) is 15.0. The zero-order chi connectivity index (χ0) is 14.4. The number of hydrogen-bond acceptors (Lipinski definition) is 4. The smallest absolute Gasteiger partial charge is 0.253 e. The molecule has 0 radical (unpaired) electrons. The highest BCUT2D eigenvalue weighted by molar-refractivity contribution is 5.99. The number of benzene rings is 1. The zero-order valence-corrected chi connectivity index (χ0v) is 11.3. The van der Waals surface area contributed by atoms with Crippen LogP contribution in [0.3, 0.4) is 0 Å². The summed E-state index contributed by atoms with van der Waals surface area (Å²) in [4.78, 5) is 13.8. The maximum atomic E-state index is 12.2. The minimum Gasteiger partial charge on any atom is -0.409 e. The predicted octanol–water partition coefficient (Wildman–Crippen LogP) is 0.888. The van der Waals surface area contributed by atoms with Crippen LogP contribution in [0.2, 0.25) is 0 Å². The molecule has 6 heteroatoms. The molecule has 0 aliphatic carbocycles. The second-order valence-electron chi connectivity index (χ2n) is 4.28. The number of ether oxygens (including phenoxy) is 1. The topological polar surface area (TPSA) is 88.2 Å². The summed E-state index contributed by atoms with van der Waals surface area (Å²) in [5.74, 6) is -0.0873. The molecule has 0 bridgehead atoms. The van der Waals surface area contributed by atoms with Crippen molar-refractivity contribution in [2.45, 2.75) is 13.0 Å². The summed E-state index contributed by atoms with van der Waals surface area (Å²) in [6, 6.07) is 6.55. The Balaban J connectivity index is 2.83. The van der Waals surface area contributed by atoms with Gasteiger partial charge in [0.2, 0.25) is 0 Å². The van der Waals surface area contributed by atoms with Crippen LogP contribution < -0.4 is 5.73 Å². The van der Waals surface area contributed by atoms with Crippen LogP contribution in [0.15, 0.2) is 29.4 Å². The summed E-state index contributed by atoms with van der Waals surface area (Å²) >= 11 is 0. The van der Waals surface area contributed by atoms with Crippen molar-refractivity contribution in [1.29, 1.82) is 0 Å². The van der Waals surface area contributed by atoms with Gasteiger partial charge < -0.3 is 20.6 Å². The standard InChI is InChI=1S/C13H19N3O3/c1-9(8-19-3)16(2)13(17)11-6-4-10(5-7-11)12(14)15-18/h4-7,9,18H,8H2,1-3H3,(H2,14,15). The Labute approximate surface area is 112 Å². The Morgan fingerprint density at radius 2 is 1.95 bits per heavy atom. The quantitative estimate of drug-likeness (QED) is 0.358. The minimum absolute atomic E-state index is 0.0127. The molecule has 3 N–H and O–H groups in total. The number of carbonyl (C=O) groups is 1. The molecule has 0 aliphatic rings. The summed E-state index contributed by atoms with van der Waals surface area (Å²) < 4.78 is 5.02. The molecule has 19 heavy (non-hydrogen) atoms. The van der Waals surface area contributed by atoms with Crippen LogP contribution in [0.1, 0.15) is 22.8 Å². The van der Waals surface area contributed by atoms with Crippen LogP contribution in [0, 0.1) is 0 Å². The number of methoxy groups -OCH3 is 1. The van der Waals surface area contributed by atoms with Crippen molar-refractivity contribution >= 4 is 11.7 Å². The molecule has 1 rings (SSSR count). The van der Waals surface area contributed by atoms with Gasteiger partial charge in [-0.25, -0.2) is 0 Å². The number of amides is 1. The van der Waals surface area contributed by atoms with Crippen LogP contribution >= 0.6 is 0 Å². The molecule has 0 saturated carbocycles. The van der Waals surface area contributed by atoms with Crippen molar-refractivity contribution in [1.82, 2.24) is 4.90 Å². The molecule has 1 aromatic rings. The van der Waals surface area contributed by atoms with E-state index in [1.54, 1.807) is 43.3 Å². The number of hydrogen-bond donors (Lipinski definition) is 2. The molecule has 0 aliphatic heterocycles. The van der Waals surface area contributed by atoms with E-state index in [9.17, 15) is 4.79 Å². The molecule has 0 aromatic heterocycles. The lowest BCUT2D eigenvalue weighted by Gasteiger charge is -2.24. The van der Waals surface area contributed by atoms with E-state index in [-0.39, 0.29) is 17.8 Å². The lowest BCUT2D eigenvalue weighted by atomic mass is 10.1. The summed E-state index contributed by atoms with van der Waals surface area (Å²) in [6.45, 7) is 2.39. The predicted molar refractivity (Wildman–Crippen MR) is 72.4 cm³/mol. The summed E-state index contributed by atoms with van der Waals surface area (Å²) in [7, 11) is 3.32. The highest BCUT2D eigenvalue weighted by atomic mass is 16.5. The number of rotatable bonds is 5. The lowest BCUT2D eigenvalue weighted by molar-refractivity contribution is 0.0633. The fourth-order valence-corrected chi connectivity index (χ4v) is 1.60. The van der Waals surface area contributed by atoms with Gasteiger partial charge in [0.1, 0.15) is 0 Å². The highest BCUT2D eigenvalue weighted by Gasteiger charge is 2.17. The first-order chi connectivity index (χ1) is 9.01. The average Bonchev–Trinajstić information content (AvgIpc) is 2.45. The summed E-state index contributed by atoms with van der Waals surface area (Å²) in [6.07, 6.45) is 0. The van der Waals surface area contributed by atoms with Gasteiger partial charge in [-0.15, -0.1) is 0 Å². The van der Waals surface area contributed by atoms with E-state index < -0.39 is 0 Å². The molecule has 0 fully saturated rings. The van der Waals surface area contributed by atoms with Crippen molar-refractivity contribution in [3.05, 3.63) is 35.4 Å². The third kappa shape index (κ3) is 3.69. The second-order valence-corrected chi connectivity index (χ2v) is 4.28. The molecule has 0 spiro atoms. The molecule has 0 heterocycles. The summed E-state index contributed by atoms with van der Waals surface area (Å²) in [5.41, 5.74) is 6.56. The monoisotopic (exact) mass is 265 g/mol. The summed E-state index contributed by atoms with van der Waals surface area (Å²) in [5, 5.41) is 11.5. The Kier molecular flexibility index (Phi) is 5.32. The number of oxime groups is 1. The third-order valence-electron chi connectivity index (χ3n) is 2.92. The van der Waals surface area contributed by atoms with Gasteiger partial charge in [-0.05, 0) is 19.1 Å². The van der Waals surface area contributed by atoms with Crippen molar-refractivity contribution in [3.8, 4) is 0 Å². The molecule has 6 nitrogen and oxygen atoms in total. The molecular weight excluding hydrogens is 246 g/mol. The van der Waals surface area contributed by atoms with Gasteiger partial charge in [-0.1, -0.05) is 17.3 Å². The first-order valence-corrected chi connectivity index (χ1v) is 5.85. The van der Waals surface area contributed by atoms with E-state index in [0.29, 0.717) is 17.7 Å². The average molecular weight is 265 g/mol. The SMILES string of the molecule is COCC(C)N(C)C(=O)c1ccc(/C(N)=N/O)cc1.